The molecular weight excluding hydrogens is 579 g/mol. The van der Waals surface area contributed by atoms with Crippen LogP contribution in [0.2, 0.25) is 0 Å². The molecule has 0 unspecified atom stereocenters. The molecule has 4 heteroatoms. The summed E-state index contributed by atoms with van der Waals surface area (Å²) in [6.07, 6.45) is 0. The molecule has 0 fully saturated rings. The van der Waals surface area contributed by atoms with E-state index in [1.165, 1.54) is 21.5 Å². The van der Waals surface area contributed by atoms with Gasteiger partial charge in [-0.2, -0.15) is 0 Å². The Morgan fingerprint density at radius 2 is 0.717 bits per heavy atom. The van der Waals surface area contributed by atoms with Crippen molar-refractivity contribution in [1.29, 1.82) is 0 Å². The molecular formula is C42H27N2OP. The Morgan fingerprint density at radius 1 is 0.370 bits per heavy atom. The third kappa shape index (κ3) is 3.36. The van der Waals surface area contributed by atoms with Gasteiger partial charge in [-0.3, -0.25) is 0 Å². The van der Waals surface area contributed by atoms with Crippen molar-refractivity contribution < 1.29 is 4.57 Å². The second kappa shape index (κ2) is 9.44. The lowest BCUT2D eigenvalue weighted by Gasteiger charge is -2.16. The predicted molar refractivity (Wildman–Crippen MR) is 194 cm³/mol. The Hall–Kier alpha value is -5.63. The lowest BCUT2D eigenvalue weighted by Crippen LogP contribution is -2.20. The molecule has 0 saturated carbocycles. The van der Waals surface area contributed by atoms with Gasteiger partial charge < -0.3 is 13.7 Å². The molecule has 10 rings (SSSR count). The van der Waals surface area contributed by atoms with E-state index >= 15 is 4.57 Å². The smallest absolute Gasteiger partial charge is 0.172 e. The fourth-order valence-corrected chi connectivity index (χ4v) is 10.8. The molecule has 1 aliphatic rings. The molecule has 2 aromatic heterocycles. The van der Waals surface area contributed by atoms with Crippen LogP contribution in [0.15, 0.2) is 164 Å². The van der Waals surface area contributed by atoms with Gasteiger partial charge in [-0.25, -0.2) is 0 Å². The van der Waals surface area contributed by atoms with E-state index in [9.17, 15) is 0 Å². The summed E-state index contributed by atoms with van der Waals surface area (Å²) in [7, 11) is -3.11. The molecule has 0 radical (unpaired) electrons. The van der Waals surface area contributed by atoms with Crippen LogP contribution >= 0.6 is 7.14 Å². The van der Waals surface area contributed by atoms with Gasteiger partial charge >= 0.3 is 0 Å². The number of aromatic nitrogens is 2. The zero-order chi connectivity index (χ0) is 30.4. The second-order valence-electron chi connectivity index (χ2n) is 12.1. The highest BCUT2D eigenvalue weighted by Gasteiger charge is 2.40. The number of hydrogen-bond donors (Lipinski definition) is 0. The van der Waals surface area contributed by atoms with E-state index in [2.05, 4.69) is 143 Å². The predicted octanol–water partition coefficient (Wildman–Crippen LogP) is 9.50. The number of fused-ring (bicyclic) bond motifs is 9. The van der Waals surface area contributed by atoms with Crippen molar-refractivity contribution in [3.8, 4) is 22.5 Å². The number of para-hydroxylation sites is 4. The van der Waals surface area contributed by atoms with Crippen molar-refractivity contribution in [3.63, 3.8) is 0 Å². The maximum Gasteiger partial charge on any atom is 0.172 e. The van der Waals surface area contributed by atoms with Crippen molar-refractivity contribution in [2.45, 2.75) is 0 Å². The molecule has 9 aromatic rings. The molecule has 0 saturated heterocycles. The average molecular weight is 607 g/mol. The molecule has 3 nitrogen and oxygen atoms in total. The number of rotatable bonds is 3. The summed E-state index contributed by atoms with van der Waals surface area (Å²) >= 11 is 0. The highest BCUT2D eigenvalue weighted by atomic mass is 31.2. The molecule has 7 aromatic carbocycles. The van der Waals surface area contributed by atoms with Crippen LogP contribution in [0.3, 0.4) is 0 Å². The topological polar surface area (TPSA) is 26.9 Å². The average Bonchev–Trinajstić information content (AvgIpc) is 3.73. The normalized spacial score (nSPS) is 13.5. The second-order valence-corrected chi connectivity index (χ2v) is 14.8. The summed E-state index contributed by atoms with van der Waals surface area (Å²) in [5, 5.41) is 7.56. The number of nitrogens with zero attached hydrogens (tertiary/aromatic N) is 2. The Labute approximate surface area is 266 Å². The first kappa shape index (κ1) is 25.7. The van der Waals surface area contributed by atoms with Crippen molar-refractivity contribution in [1.82, 2.24) is 9.13 Å². The maximum absolute atomic E-state index is 15.5. The number of benzene rings is 7. The zero-order valence-corrected chi connectivity index (χ0v) is 25.7. The lowest BCUT2D eigenvalue weighted by atomic mass is 10.0. The van der Waals surface area contributed by atoms with E-state index in [4.69, 9.17) is 0 Å². The van der Waals surface area contributed by atoms with Crippen molar-refractivity contribution in [2.24, 2.45) is 0 Å². The van der Waals surface area contributed by atoms with Gasteiger partial charge in [0, 0.05) is 48.8 Å². The summed E-state index contributed by atoms with van der Waals surface area (Å²) in [6, 6.07) is 57.4. The SMILES string of the molecule is O=P1(c2ccccc2)c2ccc(-n3c4ccccc4c4ccccc43)cc2-c2cc(-n3c4ccccc4c4ccccc43)ccc21. The molecule has 216 valence electrons. The summed E-state index contributed by atoms with van der Waals surface area (Å²) in [6.45, 7) is 0. The standard InChI is InChI=1S/C42H27N2OP/c45-46(30-12-2-1-3-13-30)41-24-22-28(43-37-18-8-4-14-31(37)32-15-5-9-19-38(32)43)26-35(41)36-27-29(23-25-42(36)46)44-39-20-10-6-16-33(39)34-17-7-11-21-40(34)44/h1-27H. The summed E-state index contributed by atoms with van der Waals surface area (Å²) in [5.74, 6) is 0. The molecule has 0 bridgehead atoms. The van der Waals surface area contributed by atoms with E-state index in [1.807, 2.05) is 30.3 Å². The van der Waals surface area contributed by atoms with Gasteiger partial charge in [-0.05, 0) is 71.8 Å². The molecule has 0 aliphatic carbocycles. The molecule has 0 atom stereocenters. The zero-order valence-electron chi connectivity index (χ0n) is 24.8. The Bertz CT molecular complexity index is 2460. The van der Waals surface area contributed by atoms with Crippen molar-refractivity contribution in [2.75, 3.05) is 0 Å². The molecule has 46 heavy (non-hydrogen) atoms. The first-order valence-corrected chi connectivity index (χ1v) is 17.3. The Balaban J connectivity index is 1.27. The van der Waals surface area contributed by atoms with Gasteiger partial charge in [0.25, 0.3) is 0 Å². The van der Waals surface area contributed by atoms with Gasteiger partial charge in [0.15, 0.2) is 7.14 Å². The van der Waals surface area contributed by atoms with Crippen molar-refractivity contribution >= 4 is 66.7 Å². The van der Waals surface area contributed by atoms with E-state index in [0.29, 0.717) is 0 Å². The van der Waals surface area contributed by atoms with Crippen LogP contribution < -0.4 is 15.9 Å². The minimum absolute atomic E-state index is 0.865. The fraction of sp³-hybridized carbons (Fsp3) is 0. The first-order valence-electron chi connectivity index (χ1n) is 15.6. The van der Waals surface area contributed by atoms with Crippen LogP contribution in [0.1, 0.15) is 0 Å². The highest BCUT2D eigenvalue weighted by Crippen LogP contribution is 2.53. The van der Waals surface area contributed by atoms with Gasteiger partial charge in [0.05, 0.1) is 22.1 Å². The van der Waals surface area contributed by atoms with Crippen LogP contribution in [0.4, 0.5) is 0 Å². The Morgan fingerprint density at radius 3 is 1.11 bits per heavy atom. The van der Waals surface area contributed by atoms with E-state index < -0.39 is 7.14 Å². The molecule has 1 aliphatic heterocycles. The van der Waals surface area contributed by atoms with Gasteiger partial charge in [0.2, 0.25) is 0 Å². The minimum Gasteiger partial charge on any atom is -0.309 e. The molecule has 0 amide bonds. The Kier molecular flexibility index (Phi) is 5.27. The quantitative estimate of drug-likeness (QED) is 0.184. The van der Waals surface area contributed by atoms with Gasteiger partial charge in [-0.15, -0.1) is 0 Å². The molecule has 0 N–H and O–H groups in total. The van der Waals surface area contributed by atoms with Crippen LogP contribution in [0.5, 0.6) is 0 Å². The monoisotopic (exact) mass is 606 g/mol. The van der Waals surface area contributed by atoms with Crippen LogP contribution in [-0.2, 0) is 4.57 Å². The fourth-order valence-electron chi connectivity index (χ4n) is 7.75. The van der Waals surface area contributed by atoms with Gasteiger partial charge in [0.1, 0.15) is 0 Å². The van der Waals surface area contributed by atoms with Crippen LogP contribution in [-0.4, -0.2) is 9.13 Å². The first-order chi connectivity index (χ1) is 22.7. The van der Waals surface area contributed by atoms with E-state index in [1.54, 1.807) is 0 Å². The van der Waals surface area contributed by atoms with Crippen LogP contribution in [0, 0.1) is 0 Å². The third-order valence-electron chi connectivity index (χ3n) is 9.73. The summed E-state index contributed by atoms with van der Waals surface area (Å²) in [4.78, 5) is 0. The molecule has 3 heterocycles. The minimum atomic E-state index is -3.11. The van der Waals surface area contributed by atoms with E-state index in [0.717, 1.165) is 60.5 Å². The highest BCUT2D eigenvalue weighted by molar-refractivity contribution is 7.86. The summed E-state index contributed by atoms with van der Waals surface area (Å²) < 4.78 is 20.2. The van der Waals surface area contributed by atoms with Crippen LogP contribution in [0.25, 0.3) is 66.1 Å². The maximum atomic E-state index is 15.5. The van der Waals surface area contributed by atoms with Gasteiger partial charge in [-0.1, -0.05) is 103 Å². The third-order valence-corrected chi connectivity index (χ3v) is 12.9. The van der Waals surface area contributed by atoms with Crippen molar-refractivity contribution in [3.05, 3.63) is 164 Å². The number of hydrogen-bond acceptors (Lipinski definition) is 1. The molecule has 0 spiro atoms. The summed E-state index contributed by atoms with van der Waals surface area (Å²) in [5.41, 5.74) is 8.82. The van der Waals surface area contributed by atoms with E-state index in [-0.39, 0.29) is 0 Å². The largest absolute Gasteiger partial charge is 0.309 e. The lowest BCUT2D eigenvalue weighted by molar-refractivity contribution is 0.593.